The lowest BCUT2D eigenvalue weighted by Crippen LogP contribution is -2.43. The molecule has 2 unspecified atom stereocenters. The van der Waals surface area contributed by atoms with E-state index in [0.29, 0.717) is 17.9 Å². The van der Waals surface area contributed by atoms with Crippen molar-refractivity contribution in [1.29, 1.82) is 0 Å². The number of aliphatic hydroxyl groups is 3. The van der Waals surface area contributed by atoms with Gasteiger partial charge in [0.25, 0.3) is 0 Å². The van der Waals surface area contributed by atoms with Crippen LogP contribution in [0, 0.1) is 0 Å². The highest BCUT2D eigenvalue weighted by atomic mass is 32.2. The highest BCUT2D eigenvalue weighted by molar-refractivity contribution is 7.99. The van der Waals surface area contributed by atoms with Gasteiger partial charge in [-0.3, -0.25) is 0 Å². The first kappa shape index (κ1) is 16.5. The number of hydrogen-bond donors (Lipinski definition) is 5. The van der Waals surface area contributed by atoms with Crippen LogP contribution in [0.1, 0.15) is 20.3 Å². The van der Waals surface area contributed by atoms with Gasteiger partial charge in [-0.25, -0.2) is 4.79 Å². The lowest BCUT2D eigenvalue weighted by atomic mass is 10.0. The summed E-state index contributed by atoms with van der Waals surface area (Å²) in [6.07, 6.45) is -2.52. The van der Waals surface area contributed by atoms with Crippen LogP contribution >= 0.6 is 11.8 Å². The Morgan fingerprint density at radius 2 is 1.94 bits per heavy atom. The van der Waals surface area contributed by atoms with Gasteiger partial charge in [0, 0.05) is 11.3 Å². The molecule has 7 heteroatoms. The van der Waals surface area contributed by atoms with Crippen LogP contribution in [0.2, 0.25) is 0 Å². The van der Waals surface area contributed by atoms with E-state index in [9.17, 15) is 9.90 Å². The molecule has 0 bridgehead atoms. The minimum Gasteiger partial charge on any atom is -0.465 e. The third-order valence-corrected chi connectivity index (χ3v) is 3.31. The second-order valence-electron chi connectivity index (χ2n) is 4.46. The second-order valence-corrected chi connectivity index (χ2v) is 5.61. The van der Waals surface area contributed by atoms with E-state index in [-0.39, 0.29) is 0 Å². The van der Waals surface area contributed by atoms with Crippen molar-refractivity contribution < 1.29 is 25.2 Å². The van der Waals surface area contributed by atoms with Crippen molar-refractivity contribution in [3.8, 4) is 0 Å². The number of nitrogens with one attached hydrogen (secondary N) is 1. The van der Waals surface area contributed by atoms with E-state index in [2.05, 4.69) is 5.32 Å². The minimum absolute atomic E-state index is 0.310. The SMILES string of the molecule is CC(C)(CCSCC(O)C(O)CO)NC(=O)O. The summed E-state index contributed by atoms with van der Waals surface area (Å²) in [6.45, 7) is 3.09. The minimum atomic E-state index is -1.12. The average Bonchev–Trinajstić information content (AvgIpc) is 2.21. The summed E-state index contributed by atoms with van der Waals surface area (Å²) in [5.74, 6) is 0.966. The molecular weight excluding hydrogens is 246 g/mol. The molecule has 0 aliphatic heterocycles. The van der Waals surface area contributed by atoms with E-state index in [1.807, 2.05) is 0 Å². The van der Waals surface area contributed by atoms with Gasteiger partial charge in [-0.2, -0.15) is 11.8 Å². The van der Waals surface area contributed by atoms with E-state index in [0.717, 1.165) is 0 Å². The number of hydrogen-bond acceptors (Lipinski definition) is 5. The van der Waals surface area contributed by atoms with E-state index < -0.39 is 30.4 Å². The first-order chi connectivity index (χ1) is 7.78. The van der Waals surface area contributed by atoms with Gasteiger partial charge in [0.05, 0.1) is 12.7 Å². The molecule has 0 spiro atoms. The molecular formula is C10H21NO5S. The predicted molar refractivity (Wildman–Crippen MR) is 66.3 cm³/mol. The maximum absolute atomic E-state index is 10.5. The van der Waals surface area contributed by atoms with Gasteiger partial charge >= 0.3 is 6.09 Å². The third kappa shape index (κ3) is 8.25. The molecule has 0 aliphatic carbocycles. The van der Waals surface area contributed by atoms with Crippen molar-refractivity contribution in [2.24, 2.45) is 0 Å². The Morgan fingerprint density at radius 3 is 2.41 bits per heavy atom. The molecule has 0 fully saturated rings. The van der Waals surface area contributed by atoms with Crippen molar-refractivity contribution in [3.63, 3.8) is 0 Å². The summed E-state index contributed by atoms with van der Waals surface area (Å²) in [6, 6.07) is 0. The number of rotatable bonds is 8. The fourth-order valence-electron chi connectivity index (χ4n) is 1.12. The van der Waals surface area contributed by atoms with Gasteiger partial charge in [0.2, 0.25) is 0 Å². The van der Waals surface area contributed by atoms with Crippen LogP contribution in [-0.2, 0) is 0 Å². The summed E-state index contributed by atoms with van der Waals surface area (Å²) in [5, 5.41) is 38.0. The van der Waals surface area contributed by atoms with Crippen LogP contribution in [0.3, 0.4) is 0 Å². The van der Waals surface area contributed by atoms with Gasteiger partial charge in [0.1, 0.15) is 6.10 Å². The fourth-order valence-corrected chi connectivity index (χ4v) is 2.40. The Hall–Kier alpha value is -0.500. The van der Waals surface area contributed by atoms with Crippen LogP contribution in [0.25, 0.3) is 0 Å². The van der Waals surface area contributed by atoms with E-state index in [4.69, 9.17) is 15.3 Å². The highest BCUT2D eigenvalue weighted by Crippen LogP contribution is 2.15. The highest BCUT2D eigenvalue weighted by Gasteiger charge is 2.20. The Bertz CT molecular complexity index is 237. The zero-order valence-corrected chi connectivity index (χ0v) is 10.9. The van der Waals surface area contributed by atoms with Gasteiger partial charge in [-0.1, -0.05) is 0 Å². The first-order valence-corrected chi connectivity index (χ1v) is 6.50. The average molecular weight is 267 g/mol. The largest absolute Gasteiger partial charge is 0.465 e. The Balaban J connectivity index is 3.73. The fraction of sp³-hybridized carbons (Fsp3) is 0.900. The second kappa shape index (κ2) is 7.75. The summed E-state index contributed by atoms with van der Waals surface area (Å²) in [4.78, 5) is 10.5. The third-order valence-electron chi connectivity index (χ3n) is 2.24. The summed E-state index contributed by atoms with van der Waals surface area (Å²) < 4.78 is 0. The molecule has 102 valence electrons. The standard InChI is InChI=1S/C10H21NO5S/c1-10(2,11-9(15)16)3-4-17-6-8(14)7(13)5-12/h7-8,11-14H,3-6H2,1-2H3,(H,15,16). The first-order valence-electron chi connectivity index (χ1n) is 5.34. The molecule has 0 aromatic heterocycles. The van der Waals surface area contributed by atoms with Gasteiger partial charge in [0.15, 0.2) is 0 Å². The van der Waals surface area contributed by atoms with Crippen LogP contribution in [0.15, 0.2) is 0 Å². The molecule has 0 aromatic carbocycles. The molecule has 5 N–H and O–H groups in total. The van der Waals surface area contributed by atoms with Crippen LogP contribution in [-0.4, -0.2) is 62.4 Å². The predicted octanol–water partition coefficient (Wildman–Crippen LogP) is -0.130. The van der Waals surface area contributed by atoms with Gasteiger partial charge < -0.3 is 25.7 Å². The Morgan fingerprint density at radius 1 is 1.35 bits per heavy atom. The van der Waals surface area contributed by atoms with Crippen molar-refractivity contribution in [2.45, 2.75) is 38.0 Å². The molecule has 0 heterocycles. The summed E-state index contributed by atoms with van der Waals surface area (Å²) in [7, 11) is 0. The maximum atomic E-state index is 10.5. The lowest BCUT2D eigenvalue weighted by molar-refractivity contribution is -0.00190. The molecule has 0 saturated heterocycles. The number of aliphatic hydroxyl groups excluding tert-OH is 3. The molecule has 1 amide bonds. The van der Waals surface area contributed by atoms with Crippen molar-refractivity contribution in [1.82, 2.24) is 5.32 Å². The summed E-state index contributed by atoms with van der Waals surface area (Å²) in [5.41, 5.74) is -0.515. The van der Waals surface area contributed by atoms with Gasteiger partial charge in [-0.05, 0) is 26.0 Å². The molecule has 0 saturated carbocycles. The molecule has 6 nitrogen and oxygen atoms in total. The van der Waals surface area contributed by atoms with E-state index in [1.165, 1.54) is 11.8 Å². The molecule has 0 aromatic rings. The van der Waals surface area contributed by atoms with Gasteiger partial charge in [-0.15, -0.1) is 0 Å². The molecule has 0 radical (unpaired) electrons. The quantitative estimate of drug-likeness (QED) is 0.392. The monoisotopic (exact) mass is 267 g/mol. The summed E-state index contributed by atoms with van der Waals surface area (Å²) >= 11 is 1.40. The van der Waals surface area contributed by atoms with Crippen molar-refractivity contribution >= 4 is 17.9 Å². The Kier molecular flexibility index (Phi) is 7.53. The number of carbonyl (C=O) groups is 1. The lowest BCUT2D eigenvalue weighted by Gasteiger charge is -2.24. The van der Waals surface area contributed by atoms with E-state index in [1.54, 1.807) is 13.8 Å². The molecule has 0 aliphatic rings. The van der Waals surface area contributed by atoms with Crippen LogP contribution in [0.4, 0.5) is 4.79 Å². The van der Waals surface area contributed by atoms with Crippen LogP contribution < -0.4 is 5.32 Å². The smallest absolute Gasteiger partial charge is 0.405 e. The zero-order valence-electron chi connectivity index (χ0n) is 10.1. The normalized spacial score (nSPS) is 15.4. The number of amides is 1. The maximum Gasteiger partial charge on any atom is 0.405 e. The van der Waals surface area contributed by atoms with Crippen molar-refractivity contribution in [2.75, 3.05) is 18.1 Å². The zero-order chi connectivity index (χ0) is 13.5. The van der Waals surface area contributed by atoms with E-state index >= 15 is 0 Å². The Labute approximate surface area is 105 Å². The van der Waals surface area contributed by atoms with Crippen molar-refractivity contribution in [3.05, 3.63) is 0 Å². The topological polar surface area (TPSA) is 110 Å². The number of thioether (sulfide) groups is 1. The molecule has 2 atom stereocenters. The molecule has 17 heavy (non-hydrogen) atoms. The number of carboxylic acid groups (broad SMARTS) is 1. The molecule has 0 rings (SSSR count). The van der Waals surface area contributed by atoms with Crippen LogP contribution in [0.5, 0.6) is 0 Å².